The lowest BCUT2D eigenvalue weighted by Gasteiger charge is -2.40. The van der Waals surface area contributed by atoms with Crippen molar-refractivity contribution in [3.8, 4) is 0 Å². The molecule has 1 saturated heterocycles. The molecule has 1 aliphatic rings. The van der Waals surface area contributed by atoms with Crippen LogP contribution < -0.4 is 0 Å². The first-order valence-corrected chi connectivity index (χ1v) is 9.40. The zero-order chi connectivity index (χ0) is 17.1. The minimum absolute atomic E-state index is 0.126. The lowest BCUT2D eigenvalue weighted by Crippen LogP contribution is -2.49. The molecule has 3 rings (SSSR count). The molecule has 24 heavy (non-hydrogen) atoms. The highest BCUT2D eigenvalue weighted by Crippen LogP contribution is 2.26. The number of carbonyl (C=O) groups is 1. The van der Waals surface area contributed by atoms with E-state index in [4.69, 9.17) is 0 Å². The van der Waals surface area contributed by atoms with E-state index in [9.17, 15) is 4.79 Å². The van der Waals surface area contributed by atoms with E-state index >= 15 is 0 Å². The van der Waals surface area contributed by atoms with Crippen LogP contribution in [0.15, 0.2) is 35.7 Å². The van der Waals surface area contributed by atoms with Crippen molar-refractivity contribution < 1.29 is 4.79 Å². The summed E-state index contributed by atoms with van der Waals surface area (Å²) < 4.78 is 0. The zero-order valence-electron chi connectivity index (χ0n) is 14.6. The Morgan fingerprint density at radius 1 is 1.29 bits per heavy atom. The van der Waals surface area contributed by atoms with E-state index in [1.165, 1.54) is 5.56 Å². The van der Waals surface area contributed by atoms with Gasteiger partial charge in [0, 0.05) is 30.9 Å². The Morgan fingerprint density at radius 2 is 2.04 bits per heavy atom. The number of thiazole rings is 1. The van der Waals surface area contributed by atoms with Crippen LogP contribution in [0.4, 0.5) is 0 Å². The molecule has 0 spiro atoms. The van der Waals surface area contributed by atoms with Gasteiger partial charge in [-0.05, 0) is 12.6 Å². The highest BCUT2D eigenvalue weighted by molar-refractivity contribution is 7.09. The van der Waals surface area contributed by atoms with Crippen molar-refractivity contribution in [2.24, 2.45) is 0 Å². The first kappa shape index (κ1) is 17.1. The zero-order valence-corrected chi connectivity index (χ0v) is 15.4. The van der Waals surface area contributed by atoms with Crippen LogP contribution in [0, 0.1) is 0 Å². The van der Waals surface area contributed by atoms with E-state index in [2.05, 4.69) is 42.9 Å². The van der Waals surface area contributed by atoms with Crippen LogP contribution >= 0.6 is 11.3 Å². The summed E-state index contributed by atoms with van der Waals surface area (Å²) in [7, 11) is 2.12. The lowest BCUT2D eigenvalue weighted by molar-refractivity contribution is -0.135. The number of hydrogen-bond acceptors (Lipinski definition) is 4. The number of piperazine rings is 1. The van der Waals surface area contributed by atoms with Crippen LogP contribution in [0.2, 0.25) is 0 Å². The maximum Gasteiger partial charge on any atom is 0.229 e. The molecule has 1 atom stereocenters. The molecule has 1 amide bonds. The monoisotopic (exact) mass is 343 g/mol. The first-order valence-electron chi connectivity index (χ1n) is 8.52. The molecule has 0 bridgehead atoms. The summed E-state index contributed by atoms with van der Waals surface area (Å²) in [6, 6.07) is 10.5. The minimum atomic E-state index is 0.126. The second kappa shape index (κ2) is 7.45. The smallest absolute Gasteiger partial charge is 0.229 e. The molecule has 128 valence electrons. The highest BCUT2D eigenvalue weighted by atomic mass is 32.1. The third kappa shape index (κ3) is 3.84. The summed E-state index contributed by atoms with van der Waals surface area (Å²) in [5.41, 5.74) is 2.11. The van der Waals surface area contributed by atoms with Gasteiger partial charge in [-0.15, -0.1) is 11.3 Å². The third-order valence-corrected chi connectivity index (χ3v) is 5.68. The Bertz CT molecular complexity index is 683. The van der Waals surface area contributed by atoms with Gasteiger partial charge in [-0.3, -0.25) is 4.79 Å². The van der Waals surface area contributed by atoms with Gasteiger partial charge in [-0.1, -0.05) is 44.2 Å². The second-order valence-corrected chi connectivity index (χ2v) is 7.67. The largest absolute Gasteiger partial charge is 0.333 e. The number of aromatic nitrogens is 1. The molecule has 0 unspecified atom stereocenters. The Labute approximate surface area is 148 Å². The topological polar surface area (TPSA) is 36.4 Å². The summed E-state index contributed by atoms with van der Waals surface area (Å²) in [4.78, 5) is 21.9. The summed E-state index contributed by atoms with van der Waals surface area (Å²) >= 11 is 1.65. The number of amides is 1. The molecular weight excluding hydrogens is 318 g/mol. The minimum Gasteiger partial charge on any atom is -0.333 e. The molecule has 1 fully saturated rings. The number of nitrogens with zero attached hydrogens (tertiary/aromatic N) is 3. The van der Waals surface area contributed by atoms with Gasteiger partial charge in [-0.25, -0.2) is 4.98 Å². The SMILES string of the molecule is CC(C)c1nc(CC(=O)N2CCN(C)C[C@@H]2c2ccccc2)cs1. The predicted molar refractivity (Wildman–Crippen MR) is 98.3 cm³/mol. The van der Waals surface area contributed by atoms with Crippen molar-refractivity contribution in [3.63, 3.8) is 0 Å². The molecule has 1 aromatic carbocycles. The number of hydrogen-bond donors (Lipinski definition) is 0. The van der Waals surface area contributed by atoms with Crippen LogP contribution in [-0.2, 0) is 11.2 Å². The summed E-state index contributed by atoms with van der Waals surface area (Å²) in [6.45, 7) is 6.84. The molecule has 2 heterocycles. The number of carbonyl (C=O) groups excluding carboxylic acids is 1. The first-order chi connectivity index (χ1) is 11.5. The van der Waals surface area contributed by atoms with Crippen molar-refractivity contribution in [2.45, 2.75) is 32.2 Å². The van der Waals surface area contributed by atoms with Gasteiger partial charge < -0.3 is 9.80 Å². The third-order valence-electron chi connectivity index (χ3n) is 4.48. The van der Waals surface area contributed by atoms with Crippen LogP contribution in [0.3, 0.4) is 0 Å². The fourth-order valence-corrected chi connectivity index (χ4v) is 3.94. The number of benzene rings is 1. The second-order valence-electron chi connectivity index (χ2n) is 6.78. The fourth-order valence-electron chi connectivity index (χ4n) is 3.10. The molecular formula is C19H25N3OS. The van der Waals surface area contributed by atoms with Crippen molar-refractivity contribution >= 4 is 17.2 Å². The maximum atomic E-state index is 12.9. The average molecular weight is 343 g/mol. The molecule has 4 nitrogen and oxygen atoms in total. The van der Waals surface area contributed by atoms with Gasteiger partial charge in [0.2, 0.25) is 5.91 Å². The predicted octanol–water partition coefficient (Wildman–Crippen LogP) is 3.32. The van der Waals surface area contributed by atoms with E-state index in [-0.39, 0.29) is 11.9 Å². The summed E-state index contributed by atoms with van der Waals surface area (Å²) in [6.07, 6.45) is 0.399. The van der Waals surface area contributed by atoms with Gasteiger partial charge in [0.1, 0.15) is 0 Å². The number of rotatable bonds is 4. The lowest BCUT2D eigenvalue weighted by atomic mass is 10.0. The fraction of sp³-hybridized carbons (Fsp3) is 0.474. The maximum absolute atomic E-state index is 12.9. The van der Waals surface area contributed by atoms with Gasteiger partial charge in [0.15, 0.2) is 0 Å². The molecule has 0 N–H and O–H groups in total. The molecule has 1 aliphatic heterocycles. The number of likely N-dealkylation sites (N-methyl/N-ethyl adjacent to an activating group) is 1. The van der Waals surface area contributed by atoms with Crippen LogP contribution in [-0.4, -0.2) is 47.4 Å². The Morgan fingerprint density at radius 3 is 2.71 bits per heavy atom. The van der Waals surface area contributed by atoms with Crippen molar-refractivity contribution in [3.05, 3.63) is 52.0 Å². The van der Waals surface area contributed by atoms with Crippen LogP contribution in [0.25, 0.3) is 0 Å². The summed E-state index contributed by atoms with van der Waals surface area (Å²) in [5.74, 6) is 0.595. The van der Waals surface area contributed by atoms with Crippen molar-refractivity contribution in [2.75, 3.05) is 26.7 Å². The quantitative estimate of drug-likeness (QED) is 0.854. The van der Waals surface area contributed by atoms with Gasteiger partial charge in [-0.2, -0.15) is 0 Å². The Balaban J connectivity index is 1.75. The molecule has 0 aliphatic carbocycles. The Kier molecular flexibility index (Phi) is 5.31. The summed E-state index contributed by atoms with van der Waals surface area (Å²) in [5, 5.41) is 3.14. The molecule has 0 saturated carbocycles. The van der Waals surface area contributed by atoms with Crippen molar-refractivity contribution in [1.29, 1.82) is 0 Å². The molecule has 1 aromatic heterocycles. The molecule has 2 aromatic rings. The molecule has 5 heteroatoms. The van der Waals surface area contributed by atoms with Gasteiger partial charge in [0.05, 0.1) is 23.2 Å². The van der Waals surface area contributed by atoms with E-state index in [1.807, 2.05) is 28.5 Å². The van der Waals surface area contributed by atoms with Crippen LogP contribution in [0.1, 0.15) is 42.1 Å². The van der Waals surface area contributed by atoms with Gasteiger partial charge >= 0.3 is 0 Å². The standard InChI is InChI=1S/C19H25N3OS/c1-14(2)19-20-16(13-24-19)11-18(23)22-10-9-21(3)12-17(22)15-7-5-4-6-8-15/h4-8,13-14,17H,9-12H2,1-3H3/t17-/m1/s1. The van der Waals surface area contributed by atoms with E-state index in [0.717, 1.165) is 30.3 Å². The normalized spacial score (nSPS) is 19.0. The highest BCUT2D eigenvalue weighted by Gasteiger charge is 2.30. The van der Waals surface area contributed by atoms with E-state index in [0.29, 0.717) is 12.3 Å². The van der Waals surface area contributed by atoms with E-state index in [1.54, 1.807) is 11.3 Å². The average Bonchev–Trinajstić information content (AvgIpc) is 3.04. The van der Waals surface area contributed by atoms with E-state index < -0.39 is 0 Å². The molecule has 0 radical (unpaired) electrons. The van der Waals surface area contributed by atoms with Crippen LogP contribution in [0.5, 0.6) is 0 Å². The van der Waals surface area contributed by atoms with Gasteiger partial charge in [0.25, 0.3) is 0 Å². The Hall–Kier alpha value is -1.72. The van der Waals surface area contributed by atoms with Crippen molar-refractivity contribution in [1.82, 2.24) is 14.8 Å².